The lowest BCUT2D eigenvalue weighted by atomic mass is 10.0. The van der Waals surface area contributed by atoms with Crippen molar-refractivity contribution in [1.29, 1.82) is 0 Å². The number of nitrogens with zero attached hydrogens (tertiary/aromatic N) is 3. The van der Waals surface area contributed by atoms with E-state index in [0.717, 1.165) is 38.9 Å². The third kappa shape index (κ3) is 3.06. The number of rotatable bonds is 4. The second kappa shape index (κ2) is 5.82. The Hall–Kier alpha value is -1.36. The molecule has 0 spiro atoms. The van der Waals surface area contributed by atoms with Gasteiger partial charge in [-0.1, -0.05) is 6.42 Å². The van der Waals surface area contributed by atoms with Crippen LogP contribution in [0.3, 0.4) is 0 Å². The van der Waals surface area contributed by atoms with Crippen molar-refractivity contribution in [3.05, 3.63) is 18.7 Å². The molecule has 1 aliphatic rings. The zero-order valence-corrected chi connectivity index (χ0v) is 10.2. The molecule has 2 rings (SSSR count). The van der Waals surface area contributed by atoms with Crippen molar-refractivity contribution in [1.82, 2.24) is 14.5 Å². The quantitative estimate of drug-likeness (QED) is 0.730. The molecule has 1 saturated heterocycles. The summed E-state index contributed by atoms with van der Waals surface area (Å²) >= 11 is 0. The number of hydrogen-bond donors (Lipinski definition) is 0. The highest BCUT2D eigenvalue weighted by atomic mass is 16.5. The standard InChI is InChI=1S/C12H19N3O2/c1-17-12(16)11-4-2-3-6-15(11)9-8-14-7-5-13-10-14/h5,7,10-11H,2-4,6,8-9H2,1H3/t11-/m1/s1. The fourth-order valence-electron chi connectivity index (χ4n) is 2.32. The number of carbonyl (C=O) groups is 1. The third-order valence-electron chi connectivity index (χ3n) is 3.29. The summed E-state index contributed by atoms with van der Waals surface area (Å²) in [7, 11) is 1.46. The number of aromatic nitrogens is 2. The summed E-state index contributed by atoms with van der Waals surface area (Å²) in [6.45, 7) is 2.72. The smallest absolute Gasteiger partial charge is 0.323 e. The van der Waals surface area contributed by atoms with E-state index in [1.165, 1.54) is 7.11 Å². The fraction of sp³-hybridized carbons (Fsp3) is 0.667. The topological polar surface area (TPSA) is 47.4 Å². The number of ether oxygens (including phenoxy) is 1. The molecular formula is C12H19N3O2. The van der Waals surface area contributed by atoms with Crippen LogP contribution in [0.5, 0.6) is 0 Å². The number of methoxy groups -OCH3 is 1. The van der Waals surface area contributed by atoms with Crippen molar-refractivity contribution < 1.29 is 9.53 Å². The van der Waals surface area contributed by atoms with Crippen LogP contribution in [0, 0.1) is 0 Å². The van der Waals surface area contributed by atoms with E-state index in [9.17, 15) is 4.79 Å². The maximum atomic E-state index is 11.7. The van der Waals surface area contributed by atoms with Crippen molar-refractivity contribution in [2.24, 2.45) is 0 Å². The average molecular weight is 237 g/mol. The highest BCUT2D eigenvalue weighted by Crippen LogP contribution is 2.17. The van der Waals surface area contributed by atoms with Gasteiger partial charge in [-0.2, -0.15) is 0 Å². The van der Waals surface area contributed by atoms with Gasteiger partial charge in [0.15, 0.2) is 0 Å². The number of imidazole rings is 1. The summed E-state index contributed by atoms with van der Waals surface area (Å²) in [5.41, 5.74) is 0. The summed E-state index contributed by atoms with van der Waals surface area (Å²) in [5.74, 6) is -0.102. The van der Waals surface area contributed by atoms with Gasteiger partial charge < -0.3 is 9.30 Å². The van der Waals surface area contributed by atoms with Gasteiger partial charge in [0.25, 0.3) is 0 Å². The number of esters is 1. The number of hydrogen-bond acceptors (Lipinski definition) is 4. The molecule has 0 aliphatic carbocycles. The molecule has 0 unspecified atom stereocenters. The highest BCUT2D eigenvalue weighted by Gasteiger charge is 2.28. The van der Waals surface area contributed by atoms with Crippen LogP contribution in [0.25, 0.3) is 0 Å². The van der Waals surface area contributed by atoms with Crippen LogP contribution in [0.4, 0.5) is 0 Å². The Balaban J connectivity index is 1.90. The molecular weight excluding hydrogens is 218 g/mol. The predicted octanol–water partition coefficient (Wildman–Crippen LogP) is 0.911. The van der Waals surface area contributed by atoms with Gasteiger partial charge in [-0.3, -0.25) is 9.69 Å². The Labute approximate surface area is 101 Å². The van der Waals surface area contributed by atoms with Crippen molar-refractivity contribution >= 4 is 5.97 Å². The van der Waals surface area contributed by atoms with Crippen LogP contribution in [-0.2, 0) is 16.1 Å². The van der Waals surface area contributed by atoms with Gasteiger partial charge in [-0.25, -0.2) is 4.98 Å². The maximum absolute atomic E-state index is 11.7. The van der Waals surface area contributed by atoms with E-state index in [0.29, 0.717) is 0 Å². The Morgan fingerprint density at radius 1 is 1.47 bits per heavy atom. The van der Waals surface area contributed by atoms with Crippen LogP contribution in [-0.4, -0.2) is 46.7 Å². The van der Waals surface area contributed by atoms with Crippen LogP contribution in [0.15, 0.2) is 18.7 Å². The lowest BCUT2D eigenvalue weighted by Gasteiger charge is -2.33. The summed E-state index contributed by atoms with van der Waals surface area (Å²) in [5, 5.41) is 0. The predicted molar refractivity (Wildman–Crippen MR) is 63.5 cm³/mol. The van der Waals surface area contributed by atoms with Crippen molar-refractivity contribution in [3.63, 3.8) is 0 Å². The van der Waals surface area contributed by atoms with Gasteiger partial charge in [0.05, 0.1) is 13.4 Å². The number of piperidine rings is 1. The van der Waals surface area contributed by atoms with E-state index < -0.39 is 0 Å². The zero-order valence-electron chi connectivity index (χ0n) is 10.2. The van der Waals surface area contributed by atoms with Gasteiger partial charge in [-0.05, 0) is 19.4 Å². The molecule has 1 aliphatic heterocycles. The zero-order chi connectivity index (χ0) is 12.1. The van der Waals surface area contributed by atoms with E-state index in [4.69, 9.17) is 4.74 Å². The minimum atomic E-state index is -0.102. The Morgan fingerprint density at radius 2 is 2.35 bits per heavy atom. The molecule has 17 heavy (non-hydrogen) atoms. The summed E-state index contributed by atoms with van der Waals surface area (Å²) in [4.78, 5) is 17.9. The van der Waals surface area contributed by atoms with E-state index in [2.05, 4.69) is 9.88 Å². The first-order valence-electron chi connectivity index (χ1n) is 6.09. The van der Waals surface area contributed by atoms with Crippen molar-refractivity contribution in [3.8, 4) is 0 Å². The van der Waals surface area contributed by atoms with E-state index in [1.807, 2.05) is 10.8 Å². The van der Waals surface area contributed by atoms with Gasteiger partial charge in [0, 0.05) is 25.5 Å². The first-order valence-corrected chi connectivity index (χ1v) is 6.09. The molecule has 0 saturated carbocycles. The molecule has 0 radical (unpaired) electrons. The first-order chi connectivity index (χ1) is 8.31. The summed E-state index contributed by atoms with van der Waals surface area (Å²) in [6.07, 6.45) is 8.71. The Morgan fingerprint density at radius 3 is 3.06 bits per heavy atom. The third-order valence-corrected chi connectivity index (χ3v) is 3.29. The fourth-order valence-corrected chi connectivity index (χ4v) is 2.32. The molecule has 0 amide bonds. The second-order valence-corrected chi connectivity index (χ2v) is 4.37. The van der Waals surface area contributed by atoms with Gasteiger partial charge in [0.2, 0.25) is 0 Å². The van der Waals surface area contributed by atoms with Crippen LogP contribution < -0.4 is 0 Å². The molecule has 0 aromatic carbocycles. The monoisotopic (exact) mass is 237 g/mol. The Kier molecular flexibility index (Phi) is 4.14. The largest absolute Gasteiger partial charge is 0.468 e. The normalized spacial score (nSPS) is 21.4. The van der Waals surface area contributed by atoms with Gasteiger partial charge in [-0.15, -0.1) is 0 Å². The minimum absolute atomic E-state index is 0.0581. The van der Waals surface area contributed by atoms with E-state index in [1.54, 1.807) is 12.5 Å². The molecule has 2 heterocycles. The van der Waals surface area contributed by atoms with Crippen LogP contribution in [0.1, 0.15) is 19.3 Å². The summed E-state index contributed by atoms with van der Waals surface area (Å²) in [6, 6.07) is -0.0581. The molecule has 0 bridgehead atoms. The van der Waals surface area contributed by atoms with Crippen molar-refractivity contribution in [2.75, 3.05) is 20.2 Å². The summed E-state index contributed by atoms with van der Waals surface area (Å²) < 4.78 is 6.89. The molecule has 5 heteroatoms. The van der Waals surface area contributed by atoms with Crippen LogP contribution >= 0.6 is 0 Å². The molecule has 5 nitrogen and oxygen atoms in total. The lowest BCUT2D eigenvalue weighted by molar-refractivity contribution is -0.148. The first kappa shape index (κ1) is 12.1. The molecule has 1 fully saturated rings. The SMILES string of the molecule is COC(=O)[C@H]1CCCCN1CCn1ccnc1. The Bertz CT molecular complexity index is 351. The van der Waals surface area contributed by atoms with E-state index in [-0.39, 0.29) is 12.0 Å². The average Bonchev–Trinajstić information content (AvgIpc) is 2.89. The number of likely N-dealkylation sites (tertiary alicyclic amines) is 1. The molecule has 1 aromatic heterocycles. The number of carbonyl (C=O) groups excluding carboxylic acids is 1. The molecule has 0 N–H and O–H groups in total. The molecule has 1 atom stereocenters. The second-order valence-electron chi connectivity index (χ2n) is 4.37. The lowest BCUT2D eigenvalue weighted by Crippen LogP contribution is -2.46. The minimum Gasteiger partial charge on any atom is -0.468 e. The molecule has 1 aromatic rings. The maximum Gasteiger partial charge on any atom is 0.323 e. The highest BCUT2D eigenvalue weighted by molar-refractivity contribution is 5.75. The van der Waals surface area contributed by atoms with Gasteiger partial charge >= 0.3 is 5.97 Å². The van der Waals surface area contributed by atoms with Gasteiger partial charge in [0.1, 0.15) is 6.04 Å². The van der Waals surface area contributed by atoms with Crippen LogP contribution in [0.2, 0.25) is 0 Å². The molecule has 94 valence electrons. The van der Waals surface area contributed by atoms with Crippen molar-refractivity contribution in [2.45, 2.75) is 31.8 Å². The van der Waals surface area contributed by atoms with E-state index >= 15 is 0 Å².